The zero-order valence-corrected chi connectivity index (χ0v) is 15.4. The van der Waals surface area contributed by atoms with Gasteiger partial charge in [0.2, 0.25) is 0 Å². The van der Waals surface area contributed by atoms with E-state index in [2.05, 4.69) is 39.6 Å². The van der Waals surface area contributed by atoms with E-state index in [-0.39, 0.29) is 5.91 Å². The van der Waals surface area contributed by atoms with Crippen LogP contribution < -0.4 is 5.32 Å². The van der Waals surface area contributed by atoms with E-state index in [0.29, 0.717) is 31.0 Å². The SMILES string of the molecule is Cc1ccc(CCNC(=O)c2cc(CN3CCc4ccccc4C3)on2)o1. The van der Waals surface area contributed by atoms with E-state index in [4.69, 9.17) is 8.94 Å². The molecule has 140 valence electrons. The van der Waals surface area contributed by atoms with E-state index in [1.807, 2.05) is 19.1 Å². The van der Waals surface area contributed by atoms with Crippen LogP contribution in [0.25, 0.3) is 0 Å². The Morgan fingerprint density at radius 3 is 2.85 bits per heavy atom. The molecule has 27 heavy (non-hydrogen) atoms. The van der Waals surface area contributed by atoms with Crippen molar-refractivity contribution in [2.24, 2.45) is 0 Å². The summed E-state index contributed by atoms with van der Waals surface area (Å²) in [6.07, 6.45) is 1.68. The first-order valence-corrected chi connectivity index (χ1v) is 9.25. The molecule has 6 heteroatoms. The van der Waals surface area contributed by atoms with Gasteiger partial charge >= 0.3 is 0 Å². The summed E-state index contributed by atoms with van der Waals surface area (Å²) in [6, 6.07) is 14.1. The summed E-state index contributed by atoms with van der Waals surface area (Å²) in [5.41, 5.74) is 3.09. The number of rotatable bonds is 6. The molecule has 3 aromatic rings. The highest BCUT2D eigenvalue weighted by Crippen LogP contribution is 2.20. The lowest BCUT2D eigenvalue weighted by Crippen LogP contribution is -2.29. The summed E-state index contributed by atoms with van der Waals surface area (Å²) in [5.74, 6) is 2.22. The number of carbonyl (C=O) groups is 1. The molecule has 0 atom stereocenters. The van der Waals surface area contributed by atoms with Crippen LogP contribution >= 0.6 is 0 Å². The number of amides is 1. The van der Waals surface area contributed by atoms with Gasteiger partial charge in [-0.05, 0) is 36.6 Å². The first-order valence-electron chi connectivity index (χ1n) is 9.25. The van der Waals surface area contributed by atoms with Gasteiger partial charge in [0, 0.05) is 32.1 Å². The quantitative estimate of drug-likeness (QED) is 0.727. The van der Waals surface area contributed by atoms with Gasteiger partial charge in [0.1, 0.15) is 11.5 Å². The van der Waals surface area contributed by atoms with Crippen molar-refractivity contribution in [3.05, 3.63) is 76.6 Å². The number of fused-ring (bicyclic) bond motifs is 1. The van der Waals surface area contributed by atoms with Crippen molar-refractivity contribution < 1.29 is 13.7 Å². The Labute approximate surface area is 158 Å². The Balaban J connectivity index is 1.28. The van der Waals surface area contributed by atoms with Crippen LogP contribution in [-0.4, -0.2) is 29.1 Å². The van der Waals surface area contributed by atoms with Crippen molar-refractivity contribution >= 4 is 5.91 Å². The first-order chi connectivity index (χ1) is 13.2. The van der Waals surface area contributed by atoms with E-state index >= 15 is 0 Å². The van der Waals surface area contributed by atoms with Crippen molar-refractivity contribution in [3.8, 4) is 0 Å². The summed E-state index contributed by atoms with van der Waals surface area (Å²) < 4.78 is 10.9. The lowest BCUT2D eigenvalue weighted by atomic mass is 10.00. The third-order valence-corrected chi connectivity index (χ3v) is 4.83. The highest BCUT2D eigenvalue weighted by Gasteiger charge is 2.19. The lowest BCUT2D eigenvalue weighted by Gasteiger charge is -2.27. The molecule has 1 aliphatic rings. The van der Waals surface area contributed by atoms with Crippen LogP contribution in [0.2, 0.25) is 0 Å². The highest BCUT2D eigenvalue weighted by molar-refractivity contribution is 5.92. The topological polar surface area (TPSA) is 71.5 Å². The second kappa shape index (κ2) is 7.80. The Morgan fingerprint density at radius 2 is 2.04 bits per heavy atom. The van der Waals surface area contributed by atoms with Crippen molar-refractivity contribution in [2.45, 2.75) is 32.9 Å². The zero-order chi connectivity index (χ0) is 18.6. The van der Waals surface area contributed by atoms with Gasteiger partial charge in [0.25, 0.3) is 5.91 Å². The maximum absolute atomic E-state index is 12.2. The summed E-state index contributed by atoms with van der Waals surface area (Å²) in [4.78, 5) is 14.5. The lowest BCUT2D eigenvalue weighted by molar-refractivity contribution is 0.0944. The van der Waals surface area contributed by atoms with Crippen molar-refractivity contribution in [1.29, 1.82) is 0 Å². The second-order valence-electron chi connectivity index (χ2n) is 6.93. The van der Waals surface area contributed by atoms with Gasteiger partial charge in [-0.3, -0.25) is 9.69 Å². The number of aromatic nitrogens is 1. The number of hydrogen-bond acceptors (Lipinski definition) is 5. The summed E-state index contributed by atoms with van der Waals surface area (Å²) in [5, 5.41) is 6.77. The molecule has 0 radical (unpaired) electrons. The van der Waals surface area contributed by atoms with E-state index in [1.165, 1.54) is 11.1 Å². The normalized spacial score (nSPS) is 14.1. The molecule has 1 aromatic carbocycles. The minimum Gasteiger partial charge on any atom is -0.466 e. The fraction of sp³-hybridized carbons (Fsp3) is 0.333. The van der Waals surface area contributed by atoms with Crippen LogP contribution in [0.15, 0.2) is 51.4 Å². The maximum Gasteiger partial charge on any atom is 0.273 e. The molecule has 0 saturated carbocycles. The summed E-state index contributed by atoms with van der Waals surface area (Å²) in [7, 11) is 0. The van der Waals surface area contributed by atoms with Crippen LogP contribution in [0.1, 0.15) is 38.9 Å². The molecule has 0 aliphatic carbocycles. The Hall–Kier alpha value is -2.86. The van der Waals surface area contributed by atoms with Crippen LogP contribution in [0.4, 0.5) is 0 Å². The predicted octanol–water partition coefficient (Wildman–Crippen LogP) is 3.11. The molecule has 1 amide bonds. The van der Waals surface area contributed by atoms with Crippen LogP contribution in [-0.2, 0) is 25.9 Å². The summed E-state index contributed by atoms with van der Waals surface area (Å²) in [6.45, 7) is 4.92. The van der Waals surface area contributed by atoms with Gasteiger partial charge in [-0.2, -0.15) is 0 Å². The highest BCUT2D eigenvalue weighted by atomic mass is 16.5. The van der Waals surface area contributed by atoms with Crippen molar-refractivity contribution in [1.82, 2.24) is 15.4 Å². The van der Waals surface area contributed by atoms with Gasteiger partial charge in [-0.25, -0.2) is 0 Å². The number of nitrogens with one attached hydrogen (secondary N) is 1. The van der Waals surface area contributed by atoms with Gasteiger partial charge in [-0.15, -0.1) is 0 Å². The van der Waals surface area contributed by atoms with Gasteiger partial charge in [0.05, 0.1) is 6.54 Å². The average Bonchev–Trinajstić information content (AvgIpc) is 3.31. The maximum atomic E-state index is 12.2. The third-order valence-electron chi connectivity index (χ3n) is 4.83. The summed E-state index contributed by atoms with van der Waals surface area (Å²) >= 11 is 0. The van der Waals surface area contributed by atoms with E-state index in [0.717, 1.165) is 31.0 Å². The van der Waals surface area contributed by atoms with Gasteiger partial charge in [-0.1, -0.05) is 29.4 Å². The smallest absolute Gasteiger partial charge is 0.273 e. The Kier molecular flexibility index (Phi) is 5.07. The molecule has 1 N–H and O–H groups in total. The predicted molar refractivity (Wildman–Crippen MR) is 100 cm³/mol. The molecular weight excluding hydrogens is 342 g/mol. The molecule has 1 aliphatic heterocycles. The van der Waals surface area contributed by atoms with Gasteiger partial charge in [0.15, 0.2) is 11.5 Å². The van der Waals surface area contributed by atoms with Crippen LogP contribution in [0.3, 0.4) is 0 Å². The van der Waals surface area contributed by atoms with E-state index < -0.39 is 0 Å². The Morgan fingerprint density at radius 1 is 1.19 bits per heavy atom. The molecule has 3 heterocycles. The molecule has 0 fully saturated rings. The number of aryl methyl sites for hydroxylation is 1. The second-order valence-corrected chi connectivity index (χ2v) is 6.93. The fourth-order valence-corrected chi connectivity index (χ4v) is 3.41. The number of hydrogen-bond donors (Lipinski definition) is 1. The van der Waals surface area contributed by atoms with Gasteiger partial charge < -0.3 is 14.3 Å². The minimum atomic E-state index is -0.225. The van der Waals surface area contributed by atoms with E-state index in [1.54, 1.807) is 6.07 Å². The number of benzene rings is 1. The molecular formula is C21H23N3O3. The van der Waals surface area contributed by atoms with Crippen LogP contribution in [0, 0.1) is 6.92 Å². The standard InChI is InChI=1S/C21H23N3O3/c1-15-6-7-18(26-15)8-10-22-21(25)20-12-19(27-23-20)14-24-11-9-16-4-2-3-5-17(16)13-24/h2-7,12H,8-11,13-14H2,1H3,(H,22,25). The molecule has 4 rings (SSSR count). The number of nitrogens with zero attached hydrogens (tertiary/aromatic N) is 2. The largest absolute Gasteiger partial charge is 0.466 e. The molecule has 0 bridgehead atoms. The minimum absolute atomic E-state index is 0.225. The number of carbonyl (C=O) groups excluding carboxylic acids is 1. The monoisotopic (exact) mass is 365 g/mol. The van der Waals surface area contributed by atoms with E-state index in [9.17, 15) is 4.79 Å². The first kappa shape index (κ1) is 17.5. The Bertz CT molecular complexity index is 928. The average molecular weight is 365 g/mol. The zero-order valence-electron chi connectivity index (χ0n) is 15.4. The molecule has 0 saturated heterocycles. The third kappa shape index (κ3) is 4.28. The van der Waals surface area contributed by atoms with Crippen molar-refractivity contribution in [3.63, 3.8) is 0 Å². The molecule has 6 nitrogen and oxygen atoms in total. The van der Waals surface area contributed by atoms with Crippen LogP contribution in [0.5, 0.6) is 0 Å². The fourth-order valence-electron chi connectivity index (χ4n) is 3.41. The molecule has 0 unspecified atom stereocenters. The van der Waals surface area contributed by atoms with Crippen molar-refractivity contribution in [2.75, 3.05) is 13.1 Å². The molecule has 0 spiro atoms. The molecule has 2 aromatic heterocycles. The number of furan rings is 1.